The second kappa shape index (κ2) is 5.18. The topological polar surface area (TPSA) is 20.3 Å². The molecule has 0 aromatic rings. The molecule has 0 aliphatic heterocycles. The second-order valence-electron chi connectivity index (χ2n) is 3.54. The van der Waals surface area contributed by atoms with Crippen molar-refractivity contribution in [3.63, 3.8) is 0 Å². The third-order valence-corrected chi connectivity index (χ3v) is 2.24. The molecular formula is C10H21NO. The molecule has 1 atom stereocenters. The van der Waals surface area contributed by atoms with E-state index in [0.29, 0.717) is 6.04 Å². The molecule has 0 saturated carbocycles. The summed E-state index contributed by atoms with van der Waals surface area (Å²) in [5, 5.41) is 0. The fourth-order valence-corrected chi connectivity index (χ4v) is 1.24. The molecule has 0 aromatic heterocycles. The normalized spacial score (nSPS) is 13.2. The van der Waals surface area contributed by atoms with Gasteiger partial charge in [-0.25, -0.2) is 0 Å². The van der Waals surface area contributed by atoms with Crippen LogP contribution < -0.4 is 0 Å². The van der Waals surface area contributed by atoms with Crippen LogP contribution in [0.15, 0.2) is 0 Å². The Labute approximate surface area is 75.9 Å². The van der Waals surface area contributed by atoms with Gasteiger partial charge >= 0.3 is 0 Å². The standard InChI is InChI=1S/C10H21NO/c1-6-9(5)11(7-2)10(12)8(3)4/h8-9H,6-7H2,1-5H3. The van der Waals surface area contributed by atoms with Crippen molar-refractivity contribution in [1.29, 1.82) is 0 Å². The van der Waals surface area contributed by atoms with Crippen LogP contribution in [0.3, 0.4) is 0 Å². The molecule has 0 rings (SSSR count). The fourth-order valence-electron chi connectivity index (χ4n) is 1.24. The molecule has 0 N–H and O–H groups in total. The van der Waals surface area contributed by atoms with Gasteiger partial charge in [0.05, 0.1) is 0 Å². The highest BCUT2D eigenvalue weighted by atomic mass is 16.2. The van der Waals surface area contributed by atoms with Gasteiger partial charge in [0, 0.05) is 18.5 Å². The number of nitrogens with zero attached hydrogens (tertiary/aromatic N) is 1. The number of hydrogen-bond acceptors (Lipinski definition) is 1. The van der Waals surface area contributed by atoms with Crippen LogP contribution in [0.5, 0.6) is 0 Å². The van der Waals surface area contributed by atoms with Gasteiger partial charge in [-0.3, -0.25) is 4.79 Å². The highest BCUT2D eigenvalue weighted by Crippen LogP contribution is 2.08. The van der Waals surface area contributed by atoms with Gasteiger partial charge in [0.2, 0.25) is 5.91 Å². The summed E-state index contributed by atoms with van der Waals surface area (Å²) in [5.41, 5.74) is 0. The molecule has 1 amide bonds. The van der Waals surface area contributed by atoms with E-state index in [1.165, 1.54) is 0 Å². The summed E-state index contributed by atoms with van der Waals surface area (Å²) in [6, 6.07) is 0.380. The van der Waals surface area contributed by atoms with E-state index in [9.17, 15) is 4.79 Å². The molecule has 0 radical (unpaired) electrons. The summed E-state index contributed by atoms with van der Waals surface area (Å²) in [6.45, 7) is 11.0. The van der Waals surface area contributed by atoms with Crippen molar-refractivity contribution < 1.29 is 4.79 Å². The third kappa shape index (κ3) is 2.84. The molecule has 1 unspecified atom stereocenters. The lowest BCUT2D eigenvalue weighted by Gasteiger charge is -2.28. The lowest BCUT2D eigenvalue weighted by molar-refractivity contribution is -0.136. The first-order chi connectivity index (χ1) is 5.54. The Morgan fingerprint density at radius 1 is 1.25 bits per heavy atom. The number of hydrogen-bond donors (Lipinski definition) is 0. The highest BCUT2D eigenvalue weighted by molar-refractivity contribution is 5.78. The molecule has 2 nitrogen and oxygen atoms in total. The van der Waals surface area contributed by atoms with Crippen LogP contribution in [0.1, 0.15) is 41.0 Å². The largest absolute Gasteiger partial charge is 0.340 e. The Morgan fingerprint density at radius 2 is 1.75 bits per heavy atom. The molecule has 0 aliphatic carbocycles. The molecule has 0 spiro atoms. The smallest absolute Gasteiger partial charge is 0.225 e. The molecule has 0 heterocycles. The molecule has 2 heteroatoms. The summed E-state index contributed by atoms with van der Waals surface area (Å²) < 4.78 is 0. The Kier molecular flexibility index (Phi) is 4.95. The van der Waals surface area contributed by atoms with Gasteiger partial charge < -0.3 is 4.90 Å². The van der Waals surface area contributed by atoms with Crippen LogP contribution in [0.4, 0.5) is 0 Å². The fraction of sp³-hybridized carbons (Fsp3) is 0.900. The summed E-state index contributed by atoms with van der Waals surface area (Å²) in [4.78, 5) is 13.5. The monoisotopic (exact) mass is 171 g/mol. The summed E-state index contributed by atoms with van der Waals surface area (Å²) in [5.74, 6) is 0.394. The van der Waals surface area contributed by atoms with Crippen LogP contribution in [-0.4, -0.2) is 23.4 Å². The summed E-state index contributed by atoms with van der Waals surface area (Å²) in [7, 11) is 0. The number of rotatable bonds is 4. The van der Waals surface area contributed by atoms with Gasteiger partial charge in [-0.1, -0.05) is 20.8 Å². The SMILES string of the molecule is CCC(C)N(CC)C(=O)C(C)C. The molecule has 72 valence electrons. The van der Waals surface area contributed by atoms with Crippen molar-refractivity contribution in [3.05, 3.63) is 0 Å². The Balaban J connectivity index is 4.24. The first kappa shape index (κ1) is 11.5. The van der Waals surface area contributed by atoms with Crippen LogP contribution in [0.25, 0.3) is 0 Å². The summed E-state index contributed by atoms with van der Waals surface area (Å²) in [6.07, 6.45) is 1.03. The van der Waals surface area contributed by atoms with E-state index in [0.717, 1.165) is 13.0 Å². The lowest BCUT2D eigenvalue weighted by Crippen LogP contribution is -2.40. The number of amides is 1. The van der Waals surface area contributed by atoms with Gasteiger partial charge in [0.1, 0.15) is 0 Å². The zero-order valence-corrected chi connectivity index (χ0v) is 8.92. The van der Waals surface area contributed by atoms with Gasteiger partial charge in [0.25, 0.3) is 0 Å². The van der Waals surface area contributed by atoms with Crippen LogP contribution >= 0.6 is 0 Å². The van der Waals surface area contributed by atoms with E-state index in [1.54, 1.807) is 0 Å². The number of carbonyl (C=O) groups excluding carboxylic acids is 1. The predicted octanol–water partition coefficient (Wildman–Crippen LogP) is 2.29. The third-order valence-electron chi connectivity index (χ3n) is 2.24. The molecule has 0 saturated heterocycles. The maximum Gasteiger partial charge on any atom is 0.225 e. The van der Waals surface area contributed by atoms with Crippen molar-refractivity contribution in [2.75, 3.05) is 6.54 Å². The zero-order chi connectivity index (χ0) is 9.72. The lowest BCUT2D eigenvalue weighted by atomic mass is 10.1. The quantitative estimate of drug-likeness (QED) is 0.635. The van der Waals surface area contributed by atoms with Gasteiger partial charge in [0.15, 0.2) is 0 Å². The van der Waals surface area contributed by atoms with Crippen molar-refractivity contribution >= 4 is 5.91 Å². The van der Waals surface area contributed by atoms with Crippen LogP contribution in [-0.2, 0) is 4.79 Å². The minimum absolute atomic E-state index is 0.124. The van der Waals surface area contributed by atoms with Gasteiger partial charge in [-0.2, -0.15) is 0 Å². The van der Waals surface area contributed by atoms with E-state index < -0.39 is 0 Å². The van der Waals surface area contributed by atoms with Crippen molar-refractivity contribution in [3.8, 4) is 0 Å². The van der Waals surface area contributed by atoms with E-state index in [2.05, 4.69) is 13.8 Å². The second-order valence-corrected chi connectivity index (χ2v) is 3.54. The molecule has 12 heavy (non-hydrogen) atoms. The average molecular weight is 171 g/mol. The van der Waals surface area contributed by atoms with Gasteiger partial charge in [-0.15, -0.1) is 0 Å². The molecule has 0 bridgehead atoms. The Morgan fingerprint density at radius 3 is 2.00 bits per heavy atom. The molecule has 0 aliphatic rings. The molecule has 0 aromatic carbocycles. The van der Waals surface area contributed by atoms with Crippen LogP contribution in [0.2, 0.25) is 0 Å². The maximum atomic E-state index is 11.6. The minimum Gasteiger partial charge on any atom is -0.340 e. The first-order valence-corrected chi connectivity index (χ1v) is 4.85. The first-order valence-electron chi connectivity index (χ1n) is 4.85. The van der Waals surface area contributed by atoms with E-state index in [4.69, 9.17) is 0 Å². The number of carbonyl (C=O) groups is 1. The zero-order valence-electron chi connectivity index (χ0n) is 8.92. The molecular weight excluding hydrogens is 150 g/mol. The summed E-state index contributed by atoms with van der Waals surface area (Å²) >= 11 is 0. The van der Waals surface area contributed by atoms with E-state index >= 15 is 0 Å². The molecule has 0 fully saturated rings. The Hall–Kier alpha value is -0.530. The predicted molar refractivity (Wildman–Crippen MR) is 52.0 cm³/mol. The maximum absolute atomic E-state index is 11.6. The average Bonchev–Trinajstić information content (AvgIpc) is 2.05. The van der Waals surface area contributed by atoms with Crippen LogP contribution in [0, 0.1) is 5.92 Å². The van der Waals surface area contributed by atoms with E-state index in [-0.39, 0.29) is 11.8 Å². The van der Waals surface area contributed by atoms with Crippen molar-refractivity contribution in [2.45, 2.75) is 47.1 Å². The van der Waals surface area contributed by atoms with Gasteiger partial charge in [-0.05, 0) is 20.3 Å². The highest BCUT2D eigenvalue weighted by Gasteiger charge is 2.18. The van der Waals surface area contributed by atoms with E-state index in [1.807, 2.05) is 25.7 Å². The van der Waals surface area contributed by atoms with Crippen molar-refractivity contribution in [2.24, 2.45) is 5.92 Å². The minimum atomic E-state index is 0.124. The Bertz CT molecular complexity index is 143. The van der Waals surface area contributed by atoms with Crippen molar-refractivity contribution in [1.82, 2.24) is 4.90 Å².